The number of hydrogen-bond acceptors (Lipinski definition) is 3. The highest BCUT2D eigenvalue weighted by molar-refractivity contribution is 14.0. The Kier molecular flexibility index (Phi) is 6.63. The average molecular weight is 511 g/mol. The summed E-state index contributed by atoms with van der Waals surface area (Å²) < 4.78 is 48.0. The average Bonchev–Trinajstić information content (AvgIpc) is 3.03. The molecule has 2 bridgehead atoms. The SMILES string of the molecule is CCN=C(NC1CC2CCC1O2)NC1CC1c1ccccc1OC(F)(F)F.I. The van der Waals surface area contributed by atoms with Gasteiger partial charge >= 0.3 is 6.36 Å². The summed E-state index contributed by atoms with van der Waals surface area (Å²) in [5.41, 5.74) is 0.575. The van der Waals surface area contributed by atoms with E-state index in [1.807, 2.05) is 6.92 Å². The lowest BCUT2D eigenvalue weighted by molar-refractivity contribution is -0.274. The second kappa shape index (κ2) is 8.64. The maximum absolute atomic E-state index is 12.6. The second-order valence-corrected chi connectivity index (χ2v) is 7.36. The molecule has 5 nitrogen and oxygen atoms in total. The monoisotopic (exact) mass is 511 g/mol. The molecule has 2 heterocycles. The van der Waals surface area contributed by atoms with Crippen molar-refractivity contribution in [3.8, 4) is 5.75 Å². The Bertz CT molecular complexity index is 716. The fourth-order valence-electron chi connectivity index (χ4n) is 4.13. The van der Waals surface area contributed by atoms with Gasteiger partial charge in [0.2, 0.25) is 0 Å². The van der Waals surface area contributed by atoms with Crippen LogP contribution in [-0.2, 0) is 4.74 Å². The first-order valence-corrected chi connectivity index (χ1v) is 9.50. The number of aliphatic imine (C=N–C) groups is 1. The highest BCUT2D eigenvalue weighted by atomic mass is 127. The zero-order valence-corrected chi connectivity index (χ0v) is 17.9. The summed E-state index contributed by atoms with van der Waals surface area (Å²) in [6.07, 6.45) is -0.203. The van der Waals surface area contributed by atoms with Crippen LogP contribution in [0.5, 0.6) is 5.75 Å². The van der Waals surface area contributed by atoms with E-state index in [2.05, 4.69) is 20.4 Å². The molecule has 0 amide bonds. The van der Waals surface area contributed by atoms with Crippen LogP contribution in [0.25, 0.3) is 0 Å². The van der Waals surface area contributed by atoms with Crippen molar-refractivity contribution in [3.63, 3.8) is 0 Å². The molecule has 1 saturated carbocycles. The second-order valence-electron chi connectivity index (χ2n) is 7.36. The maximum Gasteiger partial charge on any atom is 0.573 e. The van der Waals surface area contributed by atoms with E-state index in [4.69, 9.17) is 4.74 Å². The summed E-state index contributed by atoms with van der Waals surface area (Å²) in [5.74, 6) is 0.562. The van der Waals surface area contributed by atoms with Gasteiger partial charge in [-0.15, -0.1) is 37.1 Å². The highest BCUT2D eigenvalue weighted by Crippen LogP contribution is 2.45. The molecule has 1 aromatic carbocycles. The number of rotatable bonds is 5. The molecule has 1 aliphatic carbocycles. The van der Waals surface area contributed by atoms with E-state index in [9.17, 15) is 13.2 Å². The van der Waals surface area contributed by atoms with Crippen molar-refractivity contribution in [1.29, 1.82) is 0 Å². The van der Waals surface area contributed by atoms with Crippen LogP contribution < -0.4 is 15.4 Å². The predicted octanol–water partition coefficient (Wildman–Crippen LogP) is 3.93. The number of alkyl halides is 3. The number of nitrogens with zero attached hydrogens (tertiary/aromatic N) is 1. The van der Waals surface area contributed by atoms with Crippen molar-refractivity contribution in [2.45, 2.75) is 69.2 Å². The highest BCUT2D eigenvalue weighted by Gasteiger charge is 2.44. The minimum absolute atomic E-state index is 0. The third kappa shape index (κ3) is 5.03. The summed E-state index contributed by atoms with van der Waals surface area (Å²) in [7, 11) is 0. The molecule has 0 spiro atoms. The molecule has 156 valence electrons. The standard InChI is InChI=1S/C19H24F3N3O2.HI/c1-2-23-18(25-15-9-11-7-8-17(15)26-11)24-14-10-13(14)12-5-3-4-6-16(12)27-19(20,21)22;/h3-6,11,13-15,17H,2,7-10H2,1H3,(H2,23,24,25);1H. The number of hydrogen-bond donors (Lipinski definition) is 2. The Morgan fingerprint density at radius 3 is 2.57 bits per heavy atom. The van der Waals surface area contributed by atoms with Crippen molar-refractivity contribution in [2.75, 3.05) is 6.54 Å². The van der Waals surface area contributed by atoms with Gasteiger partial charge in [0.05, 0.1) is 18.2 Å². The first-order chi connectivity index (χ1) is 12.9. The zero-order valence-electron chi connectivity index (χ0n) is 15.5. The van der Waals surface area contributed by atoms with E-state index in [0.717, 1.165) is 25.7 Å². The van der Waals surface area contributed by atoms with Gasteiger partial charge < -0.3 is 20.1 Å². The van der Waals surface area contributed by atoms with Crippen LogP contribution in [0.4, 0.5) is 13.2 Å². The summed E-state index contributed by atoms with van der Waals surface area (Å²) in [6, 6.07) is 6.64. The molecule has 0 radical (unpaired) electrons. The van der Waals surface area contributed by atoms with Crippen LogP contribution in [0.15, 0.2) is 29.3 Å². The van der Waals surface area contributed by atoms with Gasteiger partial charge in [-0.1, -0.05) is 18.2 Å². The minimum Gasteiger partial charge on any atom is -0.405 e. The third-order valence-corrected chi connectivity index (χ3v) is 5.40. The van der Waals surface area contributed by atoms with E-state index in [1.165, 1.54) is 6.07 Å². The van der Waals surface area contributed by atoms with Crippen molar-refractivity contribution >= 4 is 29.9 Å². The van der Waals surface area contributed by atoms with Gasteiger partial charge in [0, 0.05) is 18.5 Å². The number of ether oxygens (including phenoxy) is 2. The number of halogens is 4. The molecule has 0 aromatic heterocycles. The lowest BCUT2D eigenvalue weighted by atomic mass is 9.96. The van der Waals surface area contributed by atoms with Crippen LogP contribution in [-0.4, -0.2) is 43.2 Å². The molecule has 9 heteroatoms. The lowest BCUT2D eigenvalue weighted by Crippen LogP contribution is -2.48. The third-order valence-electron chi connectivity index (χ3n) is 5.40. The summed E-state index contributed by atoms with van der Waals surface area (Å²) in [5, 5.41) is 6.81. The molecular weight excluding hydrogens is 486 g/mol. The topological polar surface area (TPSA) is 54.9 Å². The van der Waals surface area contributed by atoms with Crippen molar-refractivity contribution < 1.29 is 22.6 Å². The van der Waals surface area contributed by atoms with Crippen molar-refractivity contribution in [2.24, 2.45) is 4.99 Å². The van der Waals surface area contributed by atoms with Crippen molar-refractivity contribution in [1.82, 2.24) is 10.6 Å². The predicted molar refractivity (Wildman–Crippen MR) is 110 cm³/mol. The van der Waals surface area contributed by atoms with Gasteiger partial charge in [-0.25, -0.2) is 0 Å². The molecule has 4 rings (SSSR count). The molecule has 28 heavy (non-hydrogen) atoms. The first kappa shape index (κ1) is 21.5. The van der Waals surface area contributed by atoms with Crippen LogP contribution in [0.2, 0.25) is 0 Å². The normalized spacial score (nSPS) is 31.3. The molecular formula is C19H25F3IN3O2. The summed E-state index contributed by atoms with van der Waals surface area (Å²) in [4.78, 5) is 4.49. The van der Waals surface area contributed by atoms with Crippen LogP contribution in [0.1, 0.15) is 44.1 Å². The smallest absolute Gasteiger partial charge is 0.405 e. The number of nitrogens with one attached hydrogen (secondary N) is 2. The molecule has 5 unspecified atom stereocenters. The van der Waals surface area contributed by atoms with Crippen LogP contribution in [0, 0.1) is 0 Å². The molecule has 3 aliphatic rings. The molecule has 3 fully saturated rings. The zero-order chi connectivity index (χ0) is 19.0. The fourth-order valence-corrected chi connectivity index (χ4v) is 4.13. The Morgan fingerprint density at radius 2 is 1.93 bits per heavy atom. The Balaban J connectivity index is 0.00000225. The van der Waals surface area contributed by atoms with Crippen molar-refractivity contribution in [3.05, 3.63) is 29.8 Å². The first-order valence-electron chi connectivity index (χ1n) is 9.50. The Hall–Kier alpha value is -1.23. The quantitative estimate of drug-likeness (QED) is 0.358. The van der Waals surface area contributed by atoms with Crippen LogP contribution >= 0.6 is 24.0 Å². The van der Waals surface area contributed by atoms with Gasteiger partial charge in [-0.2, -0.15) is 0 Å². The fraction of sp³-hybridized carbons (Fsp3) is 0.632. The molecule has 5 atom stereocenters. The van der Waals surface area contributed by atoms with Gasteiger partial charge in [-0.05, 0) is 44.2 Å². The number of guanidine groups is 1. The number of benzene rings is 1. The van der Waals surface area contributed by atoms with Crippen LogP contribution in [0.3, 0.4) is 0 Å². The van der Waals surface area contributed by atoms with E-state index >= 15 is 0 Å². The van der Waals surface area contributed by atoms with E-state index in [1.54, 1.807) is 18.2 Å². The Morgan fingerprint density at radius 1 is 1.18 bits per heavy atom. The maximum atomic E-state index is 12.6. The Labute approximate surface area is 179 Å². The molecule has 2 N–H and O–H groups in total. The summed E-state index contributed by atoms with van der Waals surface area (Å²) >= 11 is 0. The van der Waals surface area contributed by atoms with Gasteiger partial charge in [-0.3, -0.25) is 4.99 Å². The number of fused-ring (bicyclic) bond motifs is 2. The van der Waals surface area contributed by atoms with Gasteiger partial charge in [0.25, 0.3) is 0 Å². The summed E-state index contributed by atoms with van der Waals surface area (Å²) in [6.45, 7) is 2.58. The van der Waals surface area contributed by atoms with E-state index in [0.29, 0.717) is 24.2 Å². The van der Waals surface area contributed by atoms with E-state index in [-0.39, 0.29) is 53.8 Å². The lowest BCUT2D eigenvalue weighted by Gasteiger charge is -2.23. The van der Waals surface area contributed by atoms with Gasteiger partial charge in [0.1, 0.15) is 5.75 Å². The molecule has 2 aliphatic heterocycles. The largest absolute Gasteiger partial charge is 0.573 e. The molecule has 2 saturated heterocycles. The molecule has 1 aromatic rings. The number of para-hydroxylation sites is 1. The minimum atomic E-state index is -4.69. The van der Waals surface area contributed by atoms with E-state index < -0.39 is 6.36 Å². The van der Waals surface area contributed by atoms with Gasteiger partial charge in [0.15, 0.2) is 5.96 Å².